The molecular formula is C12H16N2O. The van der Waals surface area contributed by atoms with Crippen LogP contribution >= 0.6 is 0 Å². The summed E-state index contributed by atoms with van der Waals surface area (Å²) in [6, 6.07) is 8.70. The van der Waals surface area contributed by atoms with Gasteiger partial charge in [-0.05, 0) is 30.4 Å². The van der Waals surface area contributed by atoms with Gasteiger partial charge in [-0.15, -0.1) is 0 Å². The molecule has 3 N–H and O–H groups in total. The zero-order valence-electron chi connectivity index (χ0n) is 8.70. The number of rotatable bonds is 3. The van der Waals surface area contributed by atoms with E-state index in [1.54, 1.807) is 0 Å². The van der Waals surface area contributed by atoms with Gasteiger partial charge in [0, 0.05) is 6.04 Å². The van der Waals surface area contributed by atoms with Crippen molar-refractivity contribution >= 4 is 5.91 Å². The Morgan fingerprint density at radius 1 is 1.47 bits per heavy atom. The van der Waals surface area contributed by atoms with E-state index in [0.29, 0.717) is 6.04 Å². The summed E-state index contributed by atoms with van der Waals surface area (Å²) in [7, 11) is 0. The third-order valence-corrected chi connectivity index (χ3v) is 2.89. The van der Waals surface area contributed by atoms with E-state index in [9.17, 15) is 4.79 Å². The van der Waals surface area contributed by atoms with Gasteiger partial charge < -0.3 is 11.1 Å². The molecule has 1 amide bonds. The largest absolute Gasteiger partial charge is 0.369 e. The van der Waals surface area contributed by atoms with Gasteiger partial charge in [-0.25, -0.2) is 0 Å². The molecular weight excluding hydrogens is 188 g/mol. The Kier molecular flexibility index (Phi) is 3.02. The lowest BCUT2D eigenvalue weighted by Gasteiger charge is -2.25. The molecule has 0 saturated carbocycles. The second-order valence-corrected chi connectivity index (χ2v) is 3.99. The molecule has 1 aromatic rings. The molecule has 0 bridgehead atoms. The van der Waals surface area contributed by atoms with Crippen LogP contribution in [0.25, 0.3) is 0 Å². The van der Waals surface area contributed by atoms with Crippen molar-refractivity contribution in [3.05, 3.63) is 35.4 Å². The van der Waals surface area contributed by atoms with Gasteiger partial charge in [0.1, 0.15) is 0 Å². The van der Waals surface area contributed by atoms with Crippen molar-refractivity contribution in [2.75, 3.05) is 6.54 Å². The van der Waals surface area contributed by atoms with Crippen molar-refractivity contribution in [2.24, 2.45) is 5.73 Å². The SMILES string of the molecule is NC(=O)CNC1CCCc2ccccc21. The number of primary amides is 1. The smallest absolute Gasteiger partial charge is 0.231 e. The summed E-state index contributed by atoms with van der Waals surface area (Å²) in [6.07, 6.45) is 3.41. The van der Waals surface area contributed by atoms with Gasteiger partial charge in [0.2, 0.25) is 5.91 Å². The Morgan fingerprint density at radius 2 is 2.27 bits per heavy atom. The van der Waals surface area contributed by atoms with E-state index < -0.39 is 0 Å². The molecule has 1 atom stereocenters. The molecule has 1 aliphatic carbocycles. The highest BCUT2D eigenvalue weighted by Gasteiger charge is 2.19. The Balaban J connectivity index is 2.11. The van der Waals surface area contributed by atoms with Crippen molar-refractivity contribution in [2.45, 2.75) is 25.3 Å². The normalized spacial score (nSPS) is 19.6. The second-order valence-electron chi connectivity index (χ2n) is 3.99. The van der Waals surface area contributed by atoms with E-state index in [0.717, 1.165) is 12.8 Å². The topological polar surface area (TPSA) is 55.1 Å². The van der Waals surface area contributed by atoms with Crippen LogP contribution in [0, 0.1) is 0 Å². The molecule has 0 saturated heterocycles. The van der Waals surface area contributed by atoms with Crippen LogP contribution in [0.2, 0.25) is 0 Å². The average Bonchev–Trinajstić information content (AvgIpc) is 2.26. The van der Waals surface area contributed by atoms with Crippen molar-refractivity contribution in [1.29, 1.82) is 0 Å². The number of fused-ring (bicyclic) bond motifs is 1. The zero-order valence-corrected chi connectivity index (χ0v) is 8.70. The van der Waals surface area contributed by atoms with Crippen LogP contribution in [0.4, 0.5) is 0 Å². The number of nitrogens with two attached hydrogens (primary N) is 1. The lowest BCUT2D eigenvalue weighted by molar-refractivity contribution is -0.117. The Bertz CT molecular complexity index is 362. The lowest BCUT2D eigenvalue weighted by atomic mass is 9.88. The number of amides is 1. The highest BCUT2D eigenvalue weighted by Crippen LogP contribution is 2.28. The molecule has 3 heteroatoms. The summed E-state index contributed by atoms with van der Waals surface area (Å²) in [5.41, 5.74) is 7.85. The van der Waals surface area contributed by atoms with Crippen molar-refractivity contribution < 1.29 is 4.79 Å². The molecule has 0 spiro atoms. The molecule has 0 heterocycles. The molecule has 1 aromatic carbocycles. The van der Waals surface area contributed by atoms with E-state index in [1.165, 1.54) is 17.5 Å². The quantitative estimate of drug-likeness (QED) is 0.775. The standard InChI is InChI=1S/C12H16N2O/c13-12(15)8-14-11-7-3-5-9-4-1-2-6-10(9)11/h1-2,4,6,11,14H,3,5,7-8H2,(H2,13,15). The first-order chi connectivity index (χ1) is 7.27. The number of carbonyl (C=O) groups is 1. The van der Waals surface area contributed by atoms with Crippen LogP contribution in [-0.4, -0.2) is 12.5 Å². The fourth-order valence-corrected chi connectivity index (χ4v) is 2.19. The van der Waals surface area contributed by atoms with E-state index >= 15 is 0 Å². The number of carbonyl (C=O) groups excluding carboxylic acids is 1. The number of hydrogen-bond donors (Lipinski definition) is 2. The minimum absolute atomic E-state index is 0.263. The molecule has 80 valence electrons. The third-order valence-electron chi connectivity index (χ3n) is 2.89. The van der Waals surface area contributed by atoms with Gasteiger partial charge in [0.25, 0.3) is 0 Å². The Labute approximate surface area is 89.7 Å². The monoisotopic (exact) mass is 204 g/mol. The summed E-state index contributed by atoms with van der Waals surface area (Å²) in [4.78, 5) is 10.7. The Hall–Kier alpha value is -1.35. The van der Waals surface area contributed by atoms with Gasteiger partial charge in [-0.2, -0.15) is 0 Å². The van der Waals surface area contributed by atoms with Crippen LogP contribution < -0.4 is 11.1 Å². The summed E-state index contributed by atoms with van der Waals surface area (Å²) >= 11 is 0. The first-order valence-corrected chi connectivity index (χ1v) is 5.37. The van der Waals surface area contributed by atoms with E-state index in [-0.39, 0.29) is 12.5 Å². The van der Waals surface area contributed by atoms with Crippen LogP contribution in [0.15, 0.2) is 24.3 Å². The fourth-order valence-electron chi connectivity index (χ4n) is 2.19. The lowest BCUT2D eigenvalue weighted by Crippen LogP contribution is -2.33. The molecule has 15 heavy (non-hydrogen) atoms. The van der Waals surface area contributed by atoms with Crippen LogP contribution in [0.5, 0.6) is 0 Å². The summed E-state index contributed by atoms with van der Waals surface area (Å²) in [5.74, 6) is -0.293. The van der Waals surface area contributed by atoms with Crippen molar-refractivity contribution in [1.82, 2.24) is 5.32 Å². The first-order valence-electron chi connectivity index (χ1n) is 5.37. The maximum atomic E-state index is 10.7. The van der Waals surface area contributed by atoms with E-state index in [1.807, 2.05) is 6.07 Å². The fraction of sp³-hybridized carbons (Fsp3) is 0.417. The molecule has 0 fully saturated rings. The summed E-state index contributed by atoms with van der Waals surface area (Å²) < 4.78 is 0. The van der Waals surface area contributed by atoms with Gasteiger partial charge in [-0.1, -0.05) is 24.3 Å². The van der Waals surface area contributed by atoms with Crippen LogP contribution in [0.3, 0.4) is 0 Å². The Morgan fingerprint density at radius 3 is 3.07 bits per heavy atom. The minimum atomic E-state index is -0.293. The van der Waals surface area contributed by atoms with Crippen molar-refractivity contribution in [3.63, 3.8) is 0 Å². The molecule has 1 unspecified atom stereocenters. The predicted octanol–water partition coefficient (Wildman–Crippen LogP) is 1.14. The van der Waals surface area contributed by atoms with Gasteiger partial charge >= 0.3 is 0 Å². The average molecular weight is 204 g/mol. The number of hydrogen-bond acceptors (Lipinski definition) is 2. The highest BCUT2D eigenvalue weighted by molar-refractivity contribution is 5.75. The van der Waals surface area contributed by atoms with E-state index in [4.69, 9.17) is 5.73 Å². The first kappa shape index (κ1) is 10.2. The van der Waals surface area contributed by atoms with Gasteiger partial charge in [0.15, 0.2) is 0 Å². The predicted molar refractivity (Wildman–Crippen MR) is 59.3 cm³/mol. The maximum absolute atomic E-state index is 10.7. The minimum Gasteiger partial charge on any atom is -0.369 e. The molecule has 3 nitrogen and oxygen atoms in total. The van der Waals surface area contributed by atoms with Crippen molar-refractivity contribution in [3.8, 4) is 0 Å². The summed E-state index contributed by atoms with van der Waals surface area (Å²) in [5, 5.41) is 3.20. The number of benzene rings is 1. The van der Waals surface area contributed by atoms with Crippen LogP contribution in [0.1, 0.15) is 30.0 Å². The molecule has 2 rings (SSSR count). The molecule has 1 aliphatic rings. The maximum Gasteiger partial charge on any atom is 0.231 e. The van der Waals surface area contributed by atoms with Gasteiger partial charge in [-0.3, -0.25) is 4.79 Å². The summed E-state index contributed by atoms with van der Waals surface area (Å²) in [6.45, 7) is 0.263. The second kappa shape index (κ2) is 4.45. The number of nitrogens with one attached hydrogen (secondary N) is 1. The zero-order chi connectivity index (χ0) is 10.7. The molecule has 0 radical (unpaired) electrons. The third kappa shape index (κ3) is 2.36. The van der Waals surface area contributed by atoms with Crippen LogP contribution in [-0.2, 0) is 11.2 Å². The molecule has 0 aromatic heterocycles. The number of aryl methyl sites for hydroxylation is 1. The van der Waals surface area contributed by atoms with Gasteiger partial charge in [0.05, 0.1) is 6.54 Å². The van der Waals surface area contributed by atoms with E-state index in [2.05, 4.69) is 23.5 Å². The highest BCUT2D eigenvalue weighted by atomic mass is 16.1. The molecule has 0 aliphatic heterocycles.